The first-order valence-electron chi connectivity index (χ1n) is 10.8. The molecule has 2 aromatic carbocycles. The first kappa shape index (κ1) is 22.7. The van der Waals surface area contributed by atoms with Gasteiger partial charge in [-0.15, -0.1) is 11.3 Å². The number of rotatable bonds is 7. The molecule has 1 saturated heterocycles. The Hall–Kier alpha value is -2.05. The van der Waals surface area contributed by atoms with Gasteiger partial charge in [-0.2, -0.15) is 4.31 Å². The fourth-order valence-electron chi connectivity index (χ4n) is 4.07. The van der Waals surface area contributed by atoms with Gasteiger partial charge in [-0.05, 0) is 49.9 Å². The number of hydrogen-bond donors (Lipinski definition) is 1. The number of nitrogens with zero attached hydrogens (tertiary/aromatic N) is 2. The van der Waals surface area contributed by atoms with Crippen LogP contribution in [0.15, 0.2) is 52.3 Å². The molecule has 0 spiro atoms. The number of benzene rings is 2. The monoisotopic (exact) mass is 507 g/mol. The molecular formula is C22H25N3O5S3. The fraction of sp³-hybridized carbons (Fsp3) is 0.409. The van der Waals surface area contributed by atoms with Gasteiger partial charge in [0.15, 0.2) is 0 Å². The van der Waals surface area contributed by atoms with E-state index in [4.69, 9.17) is 9.72 Å². The summed E-state index contributed by atoms with van der Waals surface area (Å²) in [4.78, 5) is 4.71. The highest BCUT2D eigenvalue weighted by molar-refractivity contribution is 7.90. The molecule has 1 aliphatic heterocycles. The van der Waals surface area contributed by atoms with Crippen LogP contribution in [0.5, 0.6) is 5.75 Å². The van der Waals surface area contributed by atoms with E-state index in [0.29, 0.717) is 25.9 Å². The van der Waals surface area contributed by atoms with Crippen molar-refractivity contribution in [2.45, 2.75) is 47.4 Å². The zero-order chi connectivity index (χ0) is 23.2. The number of ether oxygens (including phenoxy) is 1. The second kappa shape index (κ2) is 8.62. The van der Waals surface area contributed by atoms with Crippen LogP contribution in [-0.2, 0) is 20.0 Å². The quantitative estimate of drug-likeness (QED) is 0.526. The Bertz CT molecular complexity index is 1360. The predicted octanol–water partition coefficient (Wildman–Crippen LogP) is 3.31. The van der Waals surface area contributed by atoms with E-state index < -0.39 is 20.0 Å². The van der Waals surface area contributed by atoms with Gasteiger partial charge in [-0.3, -0.25) is 0 Å². The number of thiazole rings is 1. The number of fused-ring (bicyclic) bond motifs is 1. The van der Waals surface area contributed by atoms with Crippen LogP contribution in [0.4, 0.5) is 0 Å². The van der Waals surface area contributed by atoms with Crippen molar-refractivity contribution in [2.24, 2.45) is 0 Å². The zero-order valence-electron chi connectivity index (χ0n) is 18.1. The average Bonchev–Trinajstić information content (AvgIpc) is 3.51. The van der Waals surface area contributed by atoms with E-state index in [2.05, 4.69) is 4.72 Å². The Morgan fingerprint density at radius 2 is 1.76 bits per heavy atom. The molecule has 8 nitrogen and oxygen atoms in total. The molecule has 11 heteroatoms. The second-order valence-electron chi connectivity index (χ2n) is 8.41. The van der Waals surface area contributed by atoms with Crippen molar-refractivity contribution in [3.8, 4) is 5.75 Å². The van der Waals surface area contributed by atoms with Crippen LogP contribution in [0.2, 0.25) is 0 Å². The minimum absolute atomic E-state index is 0.0218. The molecular weight excluding hydrogens is 482 g/mol. The van der Waals surface area contributed by atoms with Crippen LogP contribution in [0.25, 0.3) is 10.2 Å². The Labute approximate surface area is 197 Å². The van der Waals surface area contributed by atoms with Gasteiger partial charge in [-0.1, -0.05) is 12.1 Å². The summed E-state index contributed by atoms with van der Waals surface area (Å²) in [6, 6.07) is 11.9. The van der Waals surface area contributed by atoms with Crippen molar-refractivity contribution in [1.82, 2.24) is 14.0 Å². The number of nitrogens with one attached hydrogen (secondary N) is 1. The maximum absolute atomic E-state index is 13.3. The first-order chi connectivity index (χ1) is 15.8. The van der Waals surface area contributed by atoms with Crippen LogP contribution in [0, 0.1) is 0 Å². The third-order valence-corrected chi connectivity index (χ3v) is 10.7. The Morgan fingerprint density at radius 1 is 1.03 bits per heavy atom. The van der Waals surface area contributed by atoms with Gasteiger partial charge >= 0.3 is 0 Å². The molecule has 1 aliphatic carbocycles. The highest BCUT2D eigenvalue weighted by Crippen LogP contribution is 2.36. The molecule has 2 heterocycles. The summed E-state index contributed by atoms with van der Waals surface area (Å²) in [5, 5.41) is 1.05. The first-order valence-corrected chi connectivity index (χ1v) is 14.6. The zero-order valence-corrected chi connectivity index (χ0v) is 20.5. The van der Waals surface area contributed by atoms with E-state index in [-0.39, 0.29) is 27.5 Å². The summed E-state index contributed by atoms with van der Waals surface area (Å²) in [7, 11) is -6.20. The molecule has 2 aliphatic rings. The van der Waals surface area contributed by atoms with Crippen molar-refractivity contribution in [1.29, 1.82) is 0 Å². The molecule has 0 unspecified atom stereocenters. The van der Waals surface area contributed by atoms with Crippen LogP contribution in [0.3, 0.4) is 0 Å². The van der Waals surface area contributed by atoms with E-state index in [1.807, 2.05) is 24.3 Å². The van der Waals surface area contributed by atoms with E-state index >= 15 is 0 Å². The third kappa shape index (κ3) is 4.52. The molecule has 1 N–H and O–H groups in total. The standard InChI is InChI=1S/C22H25N3O5S3/c1-30-19-14-17(8-9-21(19)32(26,27)24-16-6-7-16)33(28,29)25-12-10-15(11-13-25)22-23-18-4-2-3-5-20(18)31-22/h2-5,8-9,14-16,24H,6-7,10-13H2,1H3. The minimum atomic E-state index is -3.78. The summed E-state index contributed by atoms with van der Waals surface area (Å²) in [5.74, 6) is 0.248. The predicted molar refractivity (Wildman–Crippen MR) is 127 cm³/mol. The van der Waals surface area contributed by atoms with Crippen LogP contribution in [0.1, 0.15) is 36.6 Å². The number of hydrogen-bond acceptors (Lipinski definition) is 7. The Kier molecular flexibility index (Phi) is 5.94. The Balaban J connectivity index is 1.33. The summed E-state index contributed by atoms with van der Waals surface area (Å²) in [6.45, 7) is 0.767. The number of para-hydroxylation sites is 1. The van der Waals surface area contributed by atoms with Gasteiger partial charge < -0.3 is 4.74 Å². The average molecular weight is 508 g/mol. The van der Waals surface area contributed by atoms with E-state index in [1.165, 1.54) is 29.6 Å². The van der Waals surface area contributed by atoms with Crippen LogP contribution < -0.4 is 9.46 Å². The van der Waals surface area contributed by atoms with Crippen molar-refractivity contribution in [3.63, 3.8) is 0 Å². The molecule has 0 amide bonds. The van der Waals surface area contributed by atoms with Crippen molar-refractivity contribution in [3.05, 3.63) is 47.5 Å². The van der Waals surface area contributed by atoms with E-state index in [0.717, 1.165) is 28.1 Å². The minimum Gasteiger partial charge on any atom is -0.495 e. The second-order valence-corrected chi connectivity index (χ2v) is 13.1. The largest absolute Gasteiger partial charge is 0.495 e. The third-order valence-electron chi connectivity index (χ3n) is 6.08. The molecule has 3 aromatic rings. The SMILES string of the molecule is COc1cc(S(=O)(=O)N2CCC(c3nc4ccccc4s3)CC2)ccc1S(=O)(=O)NC1CC1. The summed E-state index contributed by atoms with van der Waals surface area (Å²) >= 11 is 1.67. The van der Waals surface area contributed by atoms with Gasteiger partial charge in [0.2, 0.25) is 20.0 Å². The lowest BCUT2D eigenvalue weighted by atomic mass is 9.99. The van der Waals surface area contributed by atoms with Gasteiger partial charge in [0.05, 0.1) is 27.2 Å². The molecule has 176 valence electrons. The highest BCUT2D eigenvalue weighted by Gasteiger charge is 2.34. The van der Waals surface area contributed by atoms with Crippen molar-refractivity contribution < 1.29 is 21.6 Å². The maximum Gasteiger partial charge on any atom is 0.244 e. The van der Waals surface area contributed by atoms with Gasteiger partial charge in [0.1, 0.15) is 10.6 Å². The number of methoxy groups -OCH3 is 1. The summed E-state index contributed by atoms with van der Waals surface area (Å²) in [6.07, 6.45) is 2.99. The molecule has 0 radical (unpaired) electrons. The lowest BCUT2D eigenvalue weighted by molar-refractivity contribution is 0.319. The molecule has 1 saturated carbocycles. The molecule has 1 aromatic heterocycles. The summed E-state index contributed by atoms with van der Waals surface area (Å²) < 4.78 is 62.2. The van der Waals surface area contributed by atoms with Crippen molar-refractivity contribution >= 4 is 41.6 Å². The highest BCUT2D eigenvalue weighted by atomic mass is 32.2. The molecule has 2 fully saturated rings. The van der Waals surface area contributed by atoms with Crippen LogP contribution >= 0.6 is 11.3 Å². The number of piperidine rings is 1. The number of sulfonamides is 2. The molecule has 0 bridgehead atoms. The van der Waals surface area contributed by atoms with Crippen LogP contribution in [-0.4, -0.2) is 52.4 Å². The normalized spacial score (nSPS) is 18.6. The maximum atomic E-state index is 13.3. The Morgan fingerprint density at radius 3 is 2.42 bits per heavy atom. The van der Waals surface area contributed by atoms with Crippen molar-refractivity contribution in [2.75, 3.05) is 20.2 Å². The molecule has 33 heavy (non-hydrogen) atoms. The number of aromatic nitrogens is 1. The smallest absolute Gasteiger partial charge is 0.244 e. The van der Waals surface area contributed by atoms with Gasteiger partial charge in [0.25, 0.3) is 0 Å². The lowest BCUT2D eigenvalue weighted by Crippen LogP contribution is -2.38. The molecule has 5 rings (SSSR count). The lowest BCUT2D eigenvalue weighted by Gasteiger charge is -2.30. The van der Waals surface area contributed by atoms with Gasteiger partial charge in [-0.25, -0.2) is 26.5 Å². The topological polar surface area (TPSA) is 106 Å². The van der Waals surface area contributed by atoms with Gasteiger partial charge in [0, 0.05) is 31.1 Å². The van der Waals surface area contributed by atoms with E-state index in [1.54, 1.807) is 11.3 Å². The molecule has 0 atom stereocenters. The van der Waals surface area contributed by atoms with E-state index in [9.17, 15) is 16.8 Å². The fourth-order valence-corrected chi connectivity index (χ4v) is 8.15. The summed E-state index contributed by atoms with van der Waals surface area (Å²) in [5.41, 5.74) is 0.978.